The third-order valence-electron chi connectivity index (χ3n) is 6.52. The zero-order valence-electron chi connectivity index (χ0n) is 18.9. The fourth-order valence-electron chi connectivity index (χ4n) is 4.79. The molecule has 7 heteroatoms. The predicted octanol–water partition coefficient (Wildman–Crippen LogP) is 3.86. The van der Waals surface area contributed by atoms with Gasteiger partial charge in [-0.05, 0) is 56.1 Å². The molecule has 1 amide bonds. The number of anilines is 1. The number of aliphatic imine (C=N–C) groups is 1. The highest BCUT2D eigenvalue weighted by molar-refractivity contribution is 14.0. The number of nitrogens with one attached hydrogen (secondary N) is 2. The molecular weight excluding hydrogens is 503 g/mol. The number of aliphatic hydroxyl groups excluding tert-OH is 1. The van der Waals surface area contributed by atoms with Crippen molar-refractivity contribution in [3.8, 4) is 0 Å². The zero-order chi connectivity index (χ0) is 21.2. The summed E-state index contributed by atoms with van der Waals surface area (Å²) in [5.41, 5.74) is 2.49. The summed E-state index contributed by atoms with van der Waals surface area (Å²) in [6.07, 6.45) is 9.19. The van der Waals surface area contributed by atoms with Gasteiger partial charge in [-0.2, -0.15) is 0 Å². The van der Waals surface area contributed by atoms with E-state index in [0.29, 0.717) is 6.42 Å². The lowest BCUT2D eigenvalue weighted by Gasteiger charge is -2.35. The maximum atomic E-state index is 12.7. The second-order valence-electron chi connectivity index (χ2n) is 8.68. The molecule has 0 radical (unpaired) electrons. The molecule has 0 bridgehead atoms. The monoisotopic (exact) mass is 542 g/mol. The summed E-state index contributed by atoms with van der Waals surface area (Å²) in [7, 11) is 0. The zero-order valence-corrected chi connectivity index (χ0v) is 21.2. The Hall–Kier alpha value is -1.35. The Morgan fingerprint density at radius 1 is 1.19 bits per heavy atom. The van der Waals surface area contributed by atoms with Crippen molar-refractivity contribution in [2.24, 2.45) is 10.4 Å². The van der Waals surface area contributed by atoms with E-state index >= 15 is 0 Å². The van der Waals surface area contributed by atoms with Crippen LogP contribution in [0.25, 0.3) is 0 Å². The molecular formula is C24H39IN4O2. The molecule has 1 aliphatic heterocycles. The predicted molar refractivity (Wildman–Crippen MR) is 138 cm³/mol. The van der Waals surface area contributed by atoms with Gasteiger partial charge in [-0.3, -0.25) is 9.79 Å². The van der Waals surface area contributed by atoms with Crippen LogP contribution < -0.4 is 15.5 Å². The van der Waals surface area contributed by atoms with Crippen LogP contribution in [0.15, 0.2) is 29.3 Å². The second-order valence-corrected chi connectivity index (χ2v) is 8.68. The van der Waals surface area contributed by atoms with Crippen LogP contribution in [0.3, 0.4) is 0 Å². The van der Waals surface area contributed by atoms with Gasteiger partial charge in [0, 0.05) is 44.9 Å². The number of halogens is 1. The molecule has 1 aliphatic carbocycles. The van der Waals surface area contributed by atoms with Gasteiger partial charge in [-0.1, -0.05) is 37.5 Å². The van der Waals surface area contributed by atoms with Crippen LogP contribution >= 0.6 is 24.0 Å². The number of hydrogen-bond donors (Lipinski definition) is 3. The van der Waals surface area contributed by atoms with E-state index in [1.807, 2.05) is 23.1 Å². The van der Waals surface area contributed by atoms with E-state index in [9.17, 15) is 9.90 Å². The quantitative estimate of drug-likeness (QED) is 0.192. The van der Waals surface area contributed by atoms with Gasteiger partial charge in [0.15, 0.2) is 5.96 Å². The molecule has 3 N–H and O–H groups in total. The van der Waals surface area contributed by atoms with Crippen LogP contribution in [-0.2, 0) is 11.2 Å². The van der Waals surface area contributed by atoms with Crippen molar-refractivity contribution in [1.29, 1.82) is 0 Å². The number of hydrogen-bond acceptors (Lipinski definition) is 3. The Bertz CT molecular complexity index is 714. The number of rotatable bonds is 9. The van der Waals surface area contributed by atoms with Gasteiger partial charge >= 0.3 is 0 Å². The number of carbonyl (C=O) groups excluding carboxylic acids is 1. The maximum Gasteiger partial charge on any atom is 0.227 e. The number of amides is 1. The highest BCUT2D eigenvalue weighted by atomic mass is 127. The summed E-state index contributed by atoms with van der Waals surface area (Å²) in [5, 5.41) is 16.2. The van der Waals surface area contributed by atoms with E-state index in [1.54, 1.807) is 0 Å². The Labute approximate surface area is 204 Å². The van der Waals surface area contributed by atoms with Crippen LogP contribution in [0.2, 0.25) is 0 Å². The Morgan fingerprint density at radius 3 is 2.71 bits per heavy atom. The molecule has 6 nitrogen and oxygen atoms in total. The molecule has 0 unspecified atom stereocenters. The number of nitrogens with zero attached hydrogens (tertiary/aromatic N) is 2. The minimum atomic E-state index is 0. The molecule has 1 fully saturated rings. The minimum Gasteiger partial charge on any atom is -0.396 e. The summed E-state index contributed by atoms with van der Waals surface area (Å²) in [6.45, 7) is 5.38. The summed E-state index contributed by atoms with van der Waals surface area (Å²) in [4.78, 5) is 19.4. The number of guanidine groups is 1. The normalized spacial score (nSPS) is 17.6. The summed E-state index contributed by atoms with van der Waals surface area (Å²) >= 11 is 0. The van der Waals surface area contributed by atoms with Gasteiger partial charge in [0.1, 0.15) is 0 Å². The fraction of sp³-hybridized carbons (Fsp3) is 0.667. The van der Waals surface area contributed by atoms with Crippen LogP contribution in [-0.4, -0.2) is 49.8 Å². The third-order valence-corrected chi connectivity index (χ3v) is 6.52. The lowest BCUT2D eigenvalue weighted by atomic mass is 9.72. The number of carbonyl (C=O) groups is 1. The SMILES string of the molecule is CCNC(=NCC1(CCO)CCCCC1)NCCCC(=O)N1CCc2ccccc21.I. The number of benzene rings is 1. The molecule has 1 saturated carbocycles. The molecule has 174 valence electrons. The average Bonchev–Trinajstić information content (AvgIpc) is 3.20. The van der Waals surface area contributed by atoms with E-state index in [-0.39, 0.29) is 41.9 Å². The molecule has 0 aromatic heterocycles. The van der Waals surface area contributed by atoms with E-state index in [2.05, 4.69) is 23.6 Å². The summed E-state index contributed by atoms with van der Waals surface area (Å²) < 4.78 is 0. The first-order chi connectivity index (χ1) is 14.7. The Balaban J connectivity index is 0.00000341. The molecule has 3 rings (SSSR count). The van der Waals surface area contributed by atoms with Crippen molar-refractivity contribution in [2.75, 3.05) is 37.7 Å². The van der Waals surface area contributed by atoms with Crippen molar-refractivity contribution in [1.82, 2.24) is 10.6 Å². The molecule has 2 aliphatic rings. The number of fused-ring (bicyclic) bond motifs is 1. The molecule has 1 aromatic carbocycles. The molecule has 1 heterocycles. The summed E-state index contributed by atoms with van der Waals surface area (Å²) in [6, 6.07) is 8.19. The highest BCUT2D eigenvalue weighted by Gasteiger charge is 2.31. The van der Waals surface area contributed by atoms with Gasteiger partial charge in [0.2, 0.25) is 5.91 Å². The van der Waals surface area contributed by atoms with Crippen LogP contribution in [0.5, 0.6) is 0 Å². The molecule has 1 aromatic rings. The Morgan fingerprint density at radius 2 is 1.97 bits per heavy atom. The van der Waals surface area contributed by atoms with Crippen molar-refractivity contribution >= 4 is 41.5 Å². The third kappa shape index (κ3) is 7.34. The maximum absolute atomic E-state index is 12.7. The van der Waals surface area contributed by atoms with Gasteiger partial charge in [-0.25, -0.2) is 0 Å². The van der Waals surface area contributed by atoms with Crippen LogP contribution in [0, 0.1) is 5.41 Å². The fourth-order valence-corrected chi connectivity index (χ4v) is 4.79. The molecule has 0 spiro atoms. The standard InChI is InChI=1S/C24H38N4O2.HI/c1-2-25-23(27-19-24(15-18-29)13-6-3-7-14-24)26-16-8-11-22(30)28-17-12-20-9-4-5-10-21(20)28;/h4-5,9-10,29H,2-3,6-8,11-19H2,1H3,(H2,25,26,27);1H. The molecule has 31 heavy (non-hydrogen) atoms. The summed E-state index contributed by atoms with van der Waals surface area (Å²) in [5.74, 6) is 1.02. The smallest absolute Gasteiger partial charge is 0.227 e. The van der Waals surface area contributed by atoms with E-state index in [1.165, 1.54) is 24.8 Å². The van der Waals surface area contributed by atoms with Crippen molar-refractivity contribution < 1.29 is 9.90 Å². The average molecular weight is 543 g/mol. The van der Waals surface area contributed by atoms with Crippen molar-refractivity contribution in [2.45, 2.75) is 64.7 Å². The first kappa shape index (κ1) is 25.9. The Kier molecular flexibility index (Phi) is 11.1. The lowest BCUT2D eigenvalue weighted by Crippen LogP contribution is -2.40. The van der Waals surface area contributed by atoms with Crippen LogP contribution in [0.1, 0.15) is 63.9 Å². The minimum absolute atomic E-state index is 0. The van der Waals surface area contributed by atoms with Gasteiger partial charge < -0.3 is 20.6 Å². The first-order valence-electron chi connectivity index (χ1n) is 11.7. The first-order valence-corrected chi connectivity index (χ1v) is 11.7. The van der Waals surface area contributed by atoms with Crippen LogP contribution in [0.4, 0.5) is 5.69 Å². The van der Waals surface area contributed by atoms with E-state index in [0.717, 1.165) is 69.9 Å². The van der Waals surface area contributed by atoms with Gasteiger partial charge in [0.25, 0.3) is 0 Å². The van der Waals surface area contributed by atoms with Gasteiger partial charge in [0.05, 0.1) is 0 Å². The number of aliphatic hydroxyl groups is 1. The van der Waals surface area contributed by atoms with Crippen molar-refractivity contribution in [3.05, 3.63) is 29.8 Å². The molecule has 0 atom stereocenters. The van der Waals surface area contributed by atoms with E-state index in [4.69, 9.17) is 4.99 Å². The molecule has 0 saturated heterocycles. The lowest BCUT2D eigenvalue weighted by molar-refractivity contribution is -0.118. The topological polar surface area (TPSA) is 77.0 Å². The van der Waals surface area contributed by atoms with Crippen molar-refractivity contribution in [3.63, 3.8) is 0 Å². The van der Waals surface area contributed by atoms with Gasteiger partial charge in [-0.15, -0.1) is 24.0 Å². The highest BCUT2D eigenvalue weighted by Crippen LogP contribution is 2.39. The second kappa shape index (κ2) is 13.3. The van der Waals surface area contributed by atoms with E-state index < -0.39 is 0 Å². The largest absolute Gasteiger partial charge is 0.396 e. The number of para-hydroxylation sites is 1.